The first kappa shape index (κ1) is 18.7. The van der Waals surface area contributed by atoms with Gasteiger partial charge in [0.2, 0.25) is 5.91 Å². The van der Waals surface area contributed by atoms with Crippen LogP contribution in [0.2, 0.25) is 10.0 Å². The Labute approximate surface area is 163 Å². The minimum atomic E-state index is -0.0834. The maximum Gasteiger partial charge on any atom is 0.254 e. The fourth-order valence-electron chi connectivity index (χ4n) is 3.02. The van der Waals surface area contributed by atoms with E-state index in [9.17, 15) is 9.59 Å². The van der Waals surface area contributed by atoms with Gasteiger partial charge in [-0.1, -0.05) is 53.5 Å². The number of benzene rings is 2. The molecule has 2 aromatic carbocycles. The summed E-state index contributed by atoms with van der Waals surface area (Å²) in [6.45, 7) is 2.16. The molecule has 136 valence electrons. The molecular weight excluding hydrogens is 371 g/mol. The summed E-state index contributed by atoms with van der Waals surface area (Å²) in [5, 5.41) is 0.796. The number of halogens is 2. The molecule has 3 rings (SSSR count). The van der Waals surface area contributed by atoms with E-state index >= 15 is 0 Å². The molecule has 0 aromatic heterocycles. The molecule has 0 aliphatic carbocycles. The first-order chi connectivity index (χ1) is 12.5. The maximum atomic E-state index is 12.6. The van der Waals surface area contributed by atoms with Crippen LogP contribution < -0.4 is 0 Å². The molecular formula is C20H20Cl2N2O2. The lowest BCUT2D eigenvalue weighted by Gasteiger charge is -2.35. The molecule has 2 amide bonds. The zero-order valence-corrected chi connectivity index (χ0v) is 15.8. The number of nitrogens with zero attached hydrogens (tertiary/aromatic N) is 2. The fraction of sp³-hybridized carbons (Fsp3) is 0.300. The Morgan fingerprint density at radius 3 is 2.15 bits per heavy atom. The molecule has 26 heavy (non-hydrogen) atoms. The minimum Gasteiger partial charge on any atom is -0.339 e. The van der Waals surface area contributed by atoms with E-state index in [4.69, 9.17) is 23.2 Å². The van der Waals surface area contributed by atoms with E-state index in [1.807, 2.05) is 35.2 Å². The van der Waals surface area contributed by atoms with Crippen LogP contribution >= 0.6 is 23.2 Å². The number of amides is 2. The highest BCUT2D eigenvalue weighted by Gasteiger charge is 2.24. The minimum absolute atomic E-state index is 0.0834. The van der Waals surface area contributed by atoms with E-state index in [1.54, 1.807) is 23.1 Å². The van der Waals surface area contributed by atoms with Gasteiger partial charge in [-0.25, -0.2) is 0 Å². The Kier molecular flexibility index (Phi) is 6.17. The first-order valence-electron chi connectivity index (χ1n) is 8.60. The number of hydrogen-bond donors (Lipinski definition) is 0. The van der Waals surface area contributed by atoms with Crippen molar-refractivity contribution in [2.75, 3.05) is 26.2 Å². The van der Waals surface area contributed by atoms with Crippen LogP contribution in [0.4, 0.5) is 0 Å². The zero-order valence-electron chi connectivity index (χ0n) is 14.3. The van der Waals surface area contributed by atoms with E-state index in [-0.39, 0.29) is 11.8 Å². The van der Waals surface area contributed by atoms with Gasteiger partial charge in [-0.3, -0.25) is 9.59 Å². The van der Waals surface area contributed by atoms with Crippen molar-refractivity contribution in [3.63, 3.8) is 0 Å². The van der Waals surface area contributed by atoms with Gasteiger partial charge in [0.15, 0.2) is 0 Å². The third-order valence-corrected chi connectivity index (χ3v) is 5.30. The monoisotopic (exact) mass is 390 g/mol. The highest BCUT2D eigenvalue weighted by atomic mass is 35.5. The van der Waals surface area contributed by atoms with Crippen LogP contribution in [0.25, 0.3) is 0 Å². The van der Waals surface area contributed by atoms with Crippen LogP contribution in [0.1, 0.15) is 22.3 Å². The van der Waals surface area contributed by atoms with Crippen molar-refractivity contribution in [3.05, 3.63) is 69.7 Å². The number of carbonyl (C=O) groups is 2. The Bertz CT molecular complexity index is 788. The fourth-order valence-corrected chi connectivity index (χ4v) is 3.32. The van der Waals surface area contributed by atoms with Crippen molar-refractivity contribution in [2.24, 2.45) is 0 Å². The molecule has 1 aliphatic rings. The van der Waals surface area contributed by atoms with Crippen LogP contribution in [0.5, 0.6) is 0 Å². The summed E-state index contributed by atoms with van der Waals surface area (Å²) in [5.74, 6) is 0.0513. The average Bonchev–Trinajstić information content (AvgIpc) is 2.68. The summed E-state index contributed by atoms with van der Waals surface area (Å²) < 4.78 is 0. The van der Waals surface area contributed by atoms with Crippen molar-refractivity contribution in [3.8, 4) is 0 Å². The molecule has 1 fully saturated rings. The average molecular weight is 391 g/mol. The lowest BCUT2D eigenvalue weighted by atomic mass is 10.1. The van der Waals surface area contributed by atoms with E-state index in [0.29, 0.717) is 48.2 Å². The smallest absolute Gasteiger partial charge is 0.254 e. The SMILES string of the molecule is O=C(CCc1ccccc1)N1CCN(C(=O)c2ccc(Cl)c(Cl)c2)CC1. The van der Waals surface area contributed by atoms with Gasteiger partial charge in [-0.15, -0.1) is 0 Å². The van der Waals surface area contributed by atoms with Gasteiger partial charge in [0.25, 0.3) is 5.91 Å². The number of carbonyl (C=O) groups excluding carboxylic acids is 2. The van der Waals surface area contributed by atoms with Gasteiger partial charge in [0.1, 0.15) is 0 Å². The third-order valence-electron chi connectivity index (χ3n) is 4.56. The second-order valence-corrected chi connectivity index (χ2v) is 7.10. The van der Waals surface area contributed by atoms with Crippen molar-refractivity contribution >= 4 is 35.0 Å². The normalized spacial score (nSPS) is 14.4. The van der Waals surface area contributed by atoms with Crippen LogP contribution in [-0.2, 0) is 11.2 Å². The molecule has 0 unspecified atom stereocenters. The second-order valence-electron chi connectivity index (χ2n) is 6.29. The van der Waals surface area contributed by atoms with Crippen LogP contribution in [0.3, 0.4) is 0 Å². The highest BCUT2D eigenvalue weighted by Crippen LogP contribution is 2.23. The predicted octanol–water partition coefficient (Wildman–Crippen LogP) is 3.91. The van der Waals surface area contributed by atoms with Crippen LogP contribution in [-0.4, -0.2) is 47.8 Å². The Morgan fingerprint density at radius 2 is 1.50 bits per heavy atom. The van der Waals surface area contributed by atoms with Gasteiger partial charge >= 0.3 is 0 Å². The lowest BCUT2D eigenvalue weighted by molar-refractivity contribution is -0.132. The molecule has 0 atom stereocenters. The van der Waals surface area contributed by atoms with Crippen molar-refractivity contribution in [1.29, 1.82) is 0 Å². The van der Waals surface area contributed by atoms with Crippen LogP contribution in [0.15, 0.2) is 48.5 Å². The van der Waals surface area contributed by atoms with Gasteiger partial charge in [-0.2, -0.15) is 0 Å². The molecule has 0 bridgehead atoms. The van der Waals surface area contributed by atoms with Gasteiger partial charge < -0.3 is 9.80 Å². The van der Waals surface area contributed by atoms with E-state index < -0.39 is 0 Å². The first-order valence-corrected chi connectivity index (χ1v) is 9.36. The molecule has 0 saturated carbocycles. The lowest BCUT2D eigenvalue weighted by Crippen LogP contribution is -2.50. The molecule has 1 aliphatic heterocycles. The third kappa shape index (κ3) is 4.57. The molecule has 2 aromatic rings. The van der Waals surface area contributed by atoms with Gasteiger partial charge in [0.05, 0.1) is 10.0 Å². The highest BCUT2D eigenvalue weighted by molar-refractivity contribution is 6.42. The molecule has 1 heterocycles. The summed E-state index contributed by atoms with van der Waals surface area (Å²) in [5.41, 5.74) is 1.68. The summed E-state index contributed by atoms with van der Waals surface area (Å²) in [4.78, 5) is 28.5. The summed E-state index contributed by atoms with van der Waals surface area (Å²) in [6.07, 6.45) is 1.23. The van der Waals surface area contributed by atoms with Crippen LogP contribution in [0, 0.1) is 0 Å². The number of rotatable bonds is 4. The van der Waals surface area contributed by atoms with Crippen molar-refractivity contribution in [2.45, 2.75) is 12.8 Å². The summed E-state index contributed by atoms with van der Waals surface area (Å²) >= 11 is 11.9. The second kappa shape index (κ2) is 8.56. The van der Waals surface area contributed by atoms with E-state index in [1.165, 1.54) is 0 Å². The molecule has 4 nitrogen and oxygen atoms in total. The van der Waals surface area contributed by atoms with Crippen molar-refractivity contribution in [1.82, 2.24) is 9.80 Å². The number of piperazine rings is 1. The largest absolute Gasteiger partial charge is 0.339 e. The number of hydrogen-bond acceptors (Lipinski definition) is 2. The molecule has 0 spiro atoms. The Balaban J connectivity index is 1.51. The summed E-state index contributed by atoms with van der Waals surface area (Å²) in [6, 6.07) is 14.9. The standard InChI is InChI=1S/C20H20Cl2N2O2/c21-17-8-7-16(14-18(17)22)20(26)24-12-10-23(11-13-24)19(25)9-6-15-4-2-1-3-5-15/h1-5,7-8,14H,6,9-13H2. The predicted molar refractivity (Wildman–Crippen MR) is 104 cm³/mol. The molecule has 0 radical (unpaired) electrons. The quantitative estimate of drug-likeness (QED) is 0.793. The summed E-state index contributed by atoms with van der Waals surface area (Å²) in [7, 11) is 0. The van der Waals surface area contributed by atoms with Gasteiger partial charge in [0, 0.05) is 38.2 Å². The Hall–Kier alpha value is -2.04. The topological polar surface area (TPSA) is 40.6 Å². The zero-order chi connectivity index (χ0) is 18.5. The van der Waals surface area contributed by atoms with E-state index in [0.717, 1.165) is 12.0 Å². The molecule has 1 saturated heterocycles. The maximum absolute atomic E-state index is 12.6. The van der Waals surface area contributed by atoms with Crippen molar-refractivity contribution < 1.29 is 9.59 Å². The molecule has 6 heteroatoms. The van der Waals surface area contributed by atoms with E-state index in [2.05, 4.69) is 0 Å². The van der Waals surface area contributed by atoms with Gasteiger partial charge in [-0.05, 0) is 30.2 Å². The Morgan fingerprint density at radius 1 is 0.846 bits per heavy atom. The molecule has 0 N–H and O–H groups in total. The number of aryl methyl sites for hydroxylation is 1.